The molecule has 15 heavy (non-hydrogen) atoms. The van der Waals surface area contributed by atoms with Crippen molar-refractivity contribution in [3.8, 4) is 0 Å². The zero-order valence-electron chi connectivity index (χ0n) is 7.86. The van der Waals surface area contributed by atoms with Crippen molar-refractivity contribution in [2.24, 2.45) is 0 Å². The zero-order valence-corrected chi connectivity index (χ0v) is 8.62. The van der Waals surface area contributed by atoms with Gasteiger partial charge >= 0.3 is 5.97 Å². The summed E-state index contributed by atoms with van der Waals surface area (Å²) in [6, 6.07) is 4.66. The van der Waals surface area contributed by atoms with Gasteiger partial charge in [-0.3, -0.25) is 0 Å². The summed E-state index contributed by atoms with van der Waals surface area (Å²) in [6.07, 6.45) is 0. The SMILES string of the molecule is Cc1nc(Cl)nc2ccc(C(=O)O)cc12. The summed E-state index contributed by atoms with van der Waals surface area (Å²) < 4.78 is 0. The molecule has 0 radical (unpaired) electrons. The lowest BCUT2D eigenvalue weighted by Crippen LogP contribution is -1.97. The molecule has 0 saturated carbocycles. The van der Waals surface area contributed by atoms with Crippen LogP contribution in [0.4, 0.5) is 0 Å². The van der Waals surface area contributed by atoms with Gasteiger partial charge in [-0.2, -0.15) is 0 Å². The van der Waals surface area contributed by atoms with Gasteiger partial charge in [-0.05, 0) is 36.7 Å². The molecule has 5 heteroatoms. The molecular weight excluding hydrogens is 216 g/mol. The Bertz CT molecular complexity index is 554. The van der Waals surface area contributed by atoms with E-state index in [1.165, 1.54) is 6.07 Å². The maximum absolute atomic E-state index is 10.8. The Morgan fingerprint density at radius 2 is 2.13 bits per heavy atom. The first-order chi connectivity index (χ1) is 7.08. The Labute approximate surface area is 90.5 Å². The lowest BCUT2D eigenvalue weighted by Gasteiger charge is -2.02. The predicted octanol–water partition coefficient (Wildman–Crippen LogP) is 2.29. The molecule has 2 rings (SSSR count). The molecule has 76 valence electrons. The molecule has 4 nitrogen and oxygen atoms in total. The van der Waals surface area contributed by atoms with Gasteiger partial charge in [-0.25, -0.2) is 14.8 Å². The molecule has 2 aromatic rings. The maximum Gasteiger partial charge on any atom is 0.335 e. The van der Waals surface area contributed by atoms with Gasteiger partial charge < -0.3 is 5.11 Å². The van der Waals surface area contributed by atoms with Crippen molar-refractivity contribution >= 4 is 28.5 Å². The summed E-state index contributed by atoms with van der Waals surface area (Å²) in [4.78, 5) is 18.7. The predicted molar refractivity (Wildman–Crippen MR) is 56.2 cm³/mol. The quantitative estimate of drug-likeness (QED) is 0.752. The van der Waals surface area contributed by atoms with Crippen LogP contribution < -0.4 is 0 Å². The second-order valence-electron chi connectivity index (χ2n) is 3.12. The fraction of sp³-hybridized carbons (Fsp3) is 0.100. The summed E-state index contributed by atoms with van der Waals surface area (Å²) >= 11 is 5.69. The summed E-state index contributed by atoms with van der Waals surface area (Å²) in [6.45, 7) is 1.77. The molecule has 1 heterocycles. The molecule has 1 N–H and O–H groups in total. The van der Waals surface area contributed by atoms with Crippen molar-refractivity contribution in [2.75, 3.05) is 0 Å². The van der Waals surface area contributed by atoms with Crippen LogP contribution in [0.1, 0.15) is 16.1 Å². The van der Waals surface area contributed by atoms with Crippen LogP contribution in [0.2, 0.25) is 5.28 Å². The van der Waals surface area contributed by atoms with Gasteiger partial charge in [0.25, 0.3) is 0 Å². The Morgan fingerprint density at radius 1 is 1.40 bits per heavy atom. The Kier molecular flexibility index (Phi) is 2.28. The molecule has 0 bridgehead atoms. The molecule has 0 unspecified atom stereocenters. The minimum Gasteiger partial charge on any atom is -0.478 e. The van der Waals surface area contributed by atoms with Crippen LogP contribution in [0.25, 0.3) is 10.9 Å². The number of benzene rings is 1. The zero-order chi connectivity index (χ0) is 11.0. The van der Waals surface area contributed by atoms with Crippen molar-refractivity contribution in [3.63, 3.8) is 0 Å². The third-order valence-electron chi connectivity index (χ3n) is 2.11. The molecule has 0 spiro atoms. The highest BCUT2D eigenvalue weighted by Gasteiger charge is 2.07. The minimum absolute atomic E-state index is 0.170. The first-order valence-corrected chi connectivity index (χ1v) is 4.63. The van der Waals surface area contributed by atoms with Gasteiger partial charge in [0.15, 0.2) is 0 Å². The van der Waals surface area contributed by atoms with Crippen LogP contribution in [0.5, 0.6) is 0 Å². The van der Waals surface area contributed by atoms with Gasteiger partial charge in [0.2, 0.25) is 5.28 Å². The van der Waals surface area contributed by atoms with Gasteiger partial charge in [-0.15, -0.1) is 0 Å². The maximum atomic E-state index is 10.8. The standard InChI is InChI=1S/C10H7ClN2O2/c1-5-7-4-6(9(14)15)2-3-8(7)13-10(11)12-5/h2-4H,1H3,(H,14,15). The van der Waals surface area contributed by atoms with E-state index in [2.05, 4.69) is 9.97 Å². The number of aryl methyl sites for hydroxylation is 1. The average Bonchev–Trinajstić information content (AvgIpc) is 2.16. The summed E-state index contributed by atoms with van der Waals surface area (Å²) in [5, 5.41) is 9.70. The van der Waals surface area contributed by atoms with E-state index in [0.29, 0.717) is 16.6 Å². The van der Waals surface area contributed by atoms with Crippen LogP contribution in [0.15, 0.2) is 18.2 Å². The summed E-state index contributed by atoms with van der Waals surface area (Å²) in [7, 11) is 0. The number of nitrogens with zero attached hydrogens (tertiary/aromatic N) is 2. The van der Waals surface area contributed by atoms with Gasteiger partial charge in [-0.1, -0.05) is 0 Å². The van der Waals surface area contributed by atoms with Crippen LogP contribution >= 0.6 is 11.6 Å². The Morgan fingerprint density at radius 3 is 2.80 bits per heavy atom. The van der Waals surface area contributed by atoms with Crippen LogP contribution in [-0.2, 0) is 0 Å². The topological polar surface area (TPSA) is 63.1 Å². The van der Waals surface area contributed by atoms with E-state index in [4.69, 9.17) is 16.7 Å². The fourth-order valence-electron chi connectivity index (χ4n) is 1.38. The molecule has 0 aliphatic carbocycles. The van der Waals surface area contributed by atoms with E-state index in [1.54, 1.807) is 19.1 Å². The van der Waals surface area contributed by atoms with Gasteiger partial charge in [0.05, 0.1) is 16.8 Å². The molecule has 1 aromatic heterocycles. The van der Waals surface area contributed by atoms with E-state index in [1.807, 2.05) is 0 Å². The number of aromatic carboxylic acids is 1. The molecule has 0 amide bonds. The van der Waals surface area contributed by atoms with E-state index >= 15 is 0 Å². The van der Waals surface area contributed by atoms with Crippen molar-refractivity contribution in [1.29, 1.82) is 0 Å². The van der Waals surface area contributed by atoms with Crippen molar-refractivity contribution in [2.45, 2.75) is 6.92 Å². The monoisotopic (exact) mass is 222 g/mol. The fourth-order valence-corrected chi connectivity index (χ4v) is 1.60. The second-order valence-corrected chi connectivity index (χ2v) is 3.45. The lowest BCUT2D eigenvalue weighted by atomic mass is 10.1. The first kappa shape index (κ1) is 9.86. The van der Waals surface area contributed by atoms with E-state index in [9.17, 15) is 4.79 Å². The summed E-state index contributed by atoms with van der Waals surface area (Å²) in [5.74, 6) is -0.966. The van der Waals surface area contributed by atoms with E-state index in [0.717, 1.165) is 0 Å². The smallest absolute Gasteiger partial charge is 0.335 e. The largest absolute Gasteiger partial charge is 0.478 e. The number of aromatic nitrogens is 2. The number of hydrogen-bond donors (Lipinski definition) is 1. The van der Waals surface area contributed by atoms with E-state index in [-0.39, 0.29) is 10.8 Å². The number of halogens is 1. The van der Waals surface area contributed by atoms with Crippen LogP contribution in [0.3, 0.4) is 0 Å². The highest BCUT2D eigenvalue weighted by Crippen LogP contribution is 2.18. The molecule has 0 aliphatic rings. The third kappa shape index (κ3) is 1.76. The lowest BCUT2D eigenvalue weighted by molar-refractivity contribution is 0.0697. The van der Waals surface area contributed by atoms with Gasteiger partial charge in [0.1, 0.15) is 0 Å². The number of fused-ring (bicyclic) bond motifs is 1. The van der Waals surface area contributed by atoms with Crippen molar-refractivity contribution in [3.05, 3.63) is 34.7 Å². The molecule has 0 atom stereocenters. The number of carboxylic acid groups (broad SMARTS) is 1. The van der Waals surface area contributed by atoms with Crippen LogP contribution in [0, 0.1) is 6.92 Å². The normalized spacial score (nSPS) is 10.5. The number of rotatable bonds is 1. The first-order valence-electron chi connectivity index (χ1n) is 4.25. The second kappa shape index (κ2) is 3.47. The third-order valence-corrected chi connectivity index (χ3v) is 2.27. The van der Waals surface area contributed by atoms with Crippen molar-refractivity contribution < 1.29 is 9.90 Å². The molecule has 0 saturated heterocycles. The highest BCUT2D eigenvalue weighted by molar-refractivity contribution is 6.28. The van der Waals surface area contributed by atoms with Gasteiger partial charge in [0, 0.05) is 5.39 Å². The average molecular weight is 223 g/mol. The molecular formula is C10H7ClN2O2. The summed E-state index contributed by atoms with van der Waals surface area (Å²) in [5.41, 5.74) is 1.54. The minimum atomic E-state index is -0.966. The Balaban J connectivity index is 2.76. The van der Waals surface area contributed by atoms with Crippen LogP contribution in [-0.4, -0.2) is 21.0 Å². The van der Waals surface area contributed by atoms with Crippen molar-refractivity contribution in [1.82, 2.24) is 9.97 Å². The molecule has 0 fully saturated rings. The highest BCUT2D eigenvalue weighted by atomic mass is 35.5. The van der Waals surface area contributed by atoms with E-state index < -0.39 is 5.97 Å². The number of hydrogen-bond acceptors (Lipinski definition) is 3. The molecule has 0 aliphatic heterocycles. The molecule has 1 aromatic carbocycles. The number of carboxylic acids is 1. The Hall–Kier alpha value is -1.68. The number of carbonyl (C=O) groups is 1.